The summed E-state index contributed by atoms with van der Waals surface area (Å²) in [6, 6.07) is 6.44. The first-order valence-corrected chi connectivity index (χ1v) is 5.91. The summed E-state index contributed by atoms with van der Waals surface area (Å²) in [5.74, 6) is -0.301. The summed E-state index contributed by atoms with van der Waals surface area (Å²) in [4.78, 5) is 11.2. The molecule has 3 nitrogen and oxygen atoms in total. The van der Waals surface area contributed by atoms with Gasteiger partial charge in [-0.05, 0) is 42.5 Å². The highest BCUT2D eigenvalue weighted by Crippen LogP contribution is 2.22. The monoisotopic (exact) mass is 231 g/mol. The number of carbonyl (C=O) groups is 1. The van der Waals surface area contributed by atoms with E-state index in [1.54, 1.807) is 13.0 Å². The first kappa shape index (κ1) is 11.9. The number of esters is 1. The van der Waals surface area contributed by atoms with Gasteiger partial charge in [0.2, 0.25) is 0 Å². The normalized spacial score (nSPS) is 18.4. The molecule has 1 aliphatic rings. The van der Waals surface area contributed by atoms with Gasteiger partial charge in [0.05, 0.1) is 6.61 Å². The van der Waals surface area contributed by atoms with Crippen molar-refractivity contribution in [3.05, 3.63) is 41.0 Å². The number of hydrogen-bond donors (Lipinski definition) is 1. The zero-order chi connectivity index (χ0) is 12.3. The lowest BCUT2D eigenvalue weighted by Crippen LogP contribution is -2.18. The Morgan fingerprint density at radius 3 is 3.00 bits per heavy atom. The summed E-state index contributed by atoms with van der Waals surface area (Å²) >= 11 is 0. The molecule has 1 unspecified atom stereocenters. The number of benzene rings is 1. The Morgan fingerprint density at radius 1 is 1.47 bits per heavy atom. The zero-order valence-electron chi connectivity index (χ0n) is 9.98. The van der Waals surface area contributed by atoms with E-state index < -0.39 is 0 Å². The molecule has 0 aromatic heterocycles. The van der Waals surface area contributed by atoms with E-state index in [0.717, 1.165) is 18.4 Å². The highest BCUT2D eigenvalue weighted by molar-refractivity contribution is 5.87. The van der Waals surface area contributed by atoms with Gasteiger partial charge in [0.25, 0.3) is 0 Å². The lowest BCUT2D eigenvalue weighted by molar-refractivity contribution is -0.137. The molecule has 1 aromatic carbocycles. The smallest absolute Gasteiger partial charge is 0.330 e. The van der Waals surface area contributed by atoms with E-state index in [-0.39, 0.29) is 12.0 Å². The van der Waals surface area contributed by atoms with Crippen molar-refractivity contribution in [2.75, 3.05) is 6.61 Å². The Labute approximate surface area is 101 Å². The second-order valence-corrected chi connectivity index (χ2v) is 4.28. The van der Waals surface area contributed by atoms with E-state index >= 15 is 0 Å². The molecule has 2 N–H and O–H groups in total. The third-order valence-corrected chi connectivity index (χ3v) is 2.89. The van der Waals surface area contributed by atoms with Gasteiger partial charge in [-0.25, -0.2) is 4.79 Å². The van der Waals surface area contributed by atoms with Crippen LogP contribution < -0.4 is 5.73 Å². The molecule has 0 bridgehead atoms. The van der Waals surface area contributed by atoms with Crippen LogP contribution in [0.4, 0.5) is 0 Å². The fourth-order valence-electron chi connectivity index (χ4n) is 2.13. The Hall–Kier alpha value is -1.61. The van der Waals surface area contributed by atoms with Gasteiger partial charge in [0.15, 0.2) is 0 Å². The lowest BCUT2D eigenvalue weighted by atomic mass is 10.1. The van der Waals surface area contributed by atoms with Crippen molar-refractivity contribution < 1.29 is 9.53 Å². The van der Waals surface area contributed by atoms with Crippen LogP contribution in [0.5, 0.6) is 0 Å². The van der Waals surface area contributed by atoms with Crippen molar-refractivity contribution in [2.24, 2.45) is 5.73 Å². The van der Waals surface area contributed by atoms with Crippen LogP contribution in [-0.2, 0) is 22.4 Å². The van der Waals surface area contributed by atoms with Gasteiger partial charge < -0.3 is 10.5 Å². The van der Waals surface area contributed by atoms with Gasteiger partial charge in [0, 0.05) is 12.1 Å². The molecule has 1 aromatic rings. The minimum absolute atomic E-state index is 0.245. The summed E-state index contributed by atoms with van der Waals surface area (Å²) < 4.78 is 4.83. The maximum atomic E-state index is 11.2. The van der Waals surface area contributed by atoms with E-state index in [1.807, 2.05) is 6.07 Å². The molecule has 0 saturated heterocycles. The molecule has 0 heterocycles. The van der Waals surface area contributed by atoms with Crippen molar-refractivity contribution in [1.82, 2.24) is 0 Å². The fraction of sp³-hybridized carbons (Fsp3) is 0.357. The van der Waals surface area contributed by atoms with Crippen molar-refractivity contribution in [3.8, 4) is 0 Å². The molecular formula is C14H17NO2. The SMILES string of the molecule is CCOC(=O)C=Cc1ccc2c(c1)CC(N)C2. The van der Waals surface area contributed by atoms with Crippen LogP contribution in [0, 0.1) is 0 Å². The van der Waals surface area contributed by atoms with Crippen molar-refractivity contribution in [1.29, 1.82) is 0 Å². The Kier molecular flexibility index (Phi) is 3.59. The van der Waals surface area contributed by atoms with E-state index in [9.17, 15) is 4.79 Å². The molecule has 2 rings (SSSR count). The van der Waals surface area contributed by atoms with Crippen LogP contribution in [0.15, 0.2) is 24.3 Å². The third kappa shape index (κ3) is 2.94. The van der Waals surface area contributed by atoms with Gasteiger partial charge in [-0.3, -0.25) is 0 Å². The van der Waals surface area contributed by atoms with Gasteiger partial charge >= 0.3 is 5.97 Å². The molecule has 0 radical (unpaired) electrons. The molecule has 3 heteroatoms. The highest BCUT2D eigenvalue weighted by Gasteiger charge is 2.17. The third-order valence-electron chi connectivity index (χ3n) is 2.89. The van der Waals surface area contributed by atoms with Gasteiger partial charge in [-0.1, -0.05) is 18.2 Å². The summed E-state index contributed by atoms with van der Waals surface area (Å²) in [6.07, 6.45) is 5.12. The summed E-state index contributed by atoms with van der Waals surface area (Å²) in [7, 11) is 0. The average Bonchev–Trinajstić information content (AvgIpc) is 2.66. The molecule has 1 atom stereocenters. The number of rotatable bonds is 3. The predicted molar refractivity (Wildman–Crippen MR) is 67.5 cm³/mol. The first-order valence-electron chi connectivity index (χ1n) is 5.91. The molecule has 0 saturated carbocycles. The van der Waals surface area contributed by atoms with E-state index in [0.29, 0.717) is 6.61 Å². The molecule has 90 valence electrons. The molecule has 0 fully saturated rings. The molecule has 17 heavy (non-hydrogen) atoms. The lowest BCUT2D eigenvalue weighted by Gasteiger charge is -2.00. The van der Waals surface area contributed by atoms with Gasteiger partial charge in [-0.2, -0.15) is 0 Å². The highest BCUT2D eigenvalue weighted by atomic mass is 16.5. The molecular weight excluding hydrogens is 214 g/mol. The van der Waals surface area contributed by atoms with E-state index in [2.05, 4.69) is 12.1 Å². The van der Waals surface area contributed by atoms with Crippen LogP contribution in [0.2, 0.25) is 0 Å². The maximum absolute atomic E-state index is 11.2. The number of ether oxygens (including phenoxy) is 1. The largest absolute Gasteiger partial charge is 0.463 e. The zero-order valence-corrected chi connectivity index (χ0v) is 9.98. The molecule has 0 spiro atoms. The van der Waals surface area contributed by atoms with Crippen LogP contribution in [0.25, 0.3) is 6.08 Å². The number of hydrogen-bond acceptors (Lipinski definition) is 3. The predicted octanol–water partition coefficient (Wildman–Crippen LogP) is 1.69. The Balaban J connectivity index is 2.09. The Bertz CT molecular complexity index is 452. The minimum Gasteiger partial charge on any atom is -0.463 e. The van der Waals surface area contributed by atoms with Crippen LogP contribution in [-0.4, -0.2) is 18.6 Å². The number of carbonyl (C=O) groups excluding carboxylic acids is 1. The van der Waals surface area contributed by atoms with Crippen LogP contribution >= 0.6 is 0 Å². The quantitative estimate of drug-likeness (QED) is 0.636. The summed E-state index contributed by atoms with van der Waals surface area (Å²) in [5, 5.41) is 0. The van der Waals surface area contributed by atoms with Crippen molar-refractivity contribution in [3.63, 3.8) is 0 Å². The number of nitrogens with two attached hydrogens (primary N) is 1. The molecule has 0 aliphatic heterocycles. The second kappa shape index (κ2) is 5.15. The summed E-state index contributed by atoms with van der Waals surface area (Å²) in [5.41, 5.74) is 9.54. The minimum atomic E-state index is -0.301. The van der Waals surface area contributed by atoms with E-state index in [1.165, 1.54) is 17.2 Å². The number of fused-ring (bicyclic) bond motifs is 1. The molecule has 1 aliphatic carbocycles. The fourth-order valence-corrected chi connectivity index (χ4v) is 2.13. The first-order chi connectivity index (χ1) is 8.19. The standard InChI is InChI=1S/C14H17NO2/c1-2-17-14(16)6-4-10-3-5-11-8-13(15)9-12(11)7-10/h3-7,13H,2,8-9,15H2,1H3. The van der Waals surface area contributed by atoms with Crippen molar-refractivity contribution >= 4 is 12.0 Å². The maximum Gasteiger partial charge on any atom is 0.330 e. The van der Waals surface area contributed by atoms with Crippen molar-refractivity contribution in [2.45, 2.75) is 25.8 Å². The van der Waals surface area contributed by atoms with Crippen LogP contribution in [0.3, 0.4) is 0 Å². The van der Waals surface area contributed by atoms with Gasteiger partial charge in [0.1, 0.15) is 0 Å². The topological polar surface area (TPSA) is 52.3 Å². The second-order valence-electron chi connectivity index (χ2n) is 4.28. The van der Waals surface area contributed by atoms with Crippen LogP contribution in [0.1, 0.15) is 23.6 Å². The summed E-state index contributed by atoms with van der Waals surface area (Å²) in [6.45, 7) is 2.20. The molecule has 0 amide bonds. The van der Waals surface area contributed by atoms with E-state index in [4.69, 9.17) is 10.5 Å². The average molecular weight is 231 g/mol. The van der Waals surface area contributed by atoms with Gasteiger partial charge in [-0.15, -0.1) is 0 Å². The Morgan fingerprint density at radius 2 is 2.24 bits per heavy atom.